The van der Waals surface area contributed by atoms with E-state index >= 15 is 0 Å². The molecule has 0 unspecified atom stereocenters. The first kappa shape index (κ1) is 27.4. The number of rotatable bonds is 8. The van der Waals surface area contributed by atoms with Crippen molar-refractivity contribution in [3.05, 3.63) is 108 Å². The van der Waals surface area contributed by atoms with Crippen LogP contribution < -0.4 is 10.0 Å². The molecule has 5 aromatic rings. The third kappa shape index (κ3) is 5.56. The Bertz CT molecular complexity index is 1890. The third-order valence-electron chi connectivity index (χ3n) is 7.60. The van der Waals surface area contributed by atoms with Crippen LogP contribution in [0.2, 0.25) is 0 Å². The van der Waals surface area contributed by atoms with E-state index in [9.17, 15) is 13.2 Å². The Hall–Kier alpha value is -4.76. The molecular weight excluding hydrogens is 548 g/mol. The summed E-state index contributed by atoms with van der Waals surface area (Å²) in [6, 6.07) is 26.1. The fourth-order valence-electron chi connectivity index (χ4n) is 5.18. The molecule has 9 heteroatoms. The molecule has 3 aromatic carbocycles. The van der Waals surface area contributed by atoms with Crippen LogP contribution in [0, 0.1) is 13.8 Å². The van der Waals surface area contributed by atoms with Crippen LogP contribution >= 0.6 is 0 Å². The van der Waals surface area contributed by atoms with Crippen LogP contribution in [0.4, 0.5) is 11.4 Å². The van der Waals surface area contributed by atoms with E-state index in [1.165, 1.54) is 5.56 Å². The molecule has 212 valence electrons. The highest BCUT2D eigenvalue weighted by atomic mass is 32.2. The molecule has 8 nitrogen and oxygen atoms in total. The van der Waals surface area contributed by atoms with Crippen LogP contribution in [0.3, 0.4) is 0 Å². The first-order valence-corrected chi connectivity index (χ1v) is 15.5. The predicted octanol–water partition coefficient (Wildman–Crippen LogP) is 6.54. The predicted molar refractivity (Wildman–Crippen MR) is 164 cm³/mol. The molecule has 0 atom stereocenters. The third-order valence-corrected chi connectivity index (χ3v) is 8.16. The van der Waals surface area contributed by atoms with Crippen molar-refractivity contribution in [1.29, 1.82) is 0 Å². The van der Waals surface area contributed by atoms with Gasteiger partial charge in [-0.05, 0) is 55.0 Å². The van der Waals surface area contributed by atoms with E-state index in [0.29, 0.717) is 18.6 Å². The standard InChI is InChI=1S/C33H30N4O4S/c1-21-5-4-6-26(17-21)27-18-29(20-34-19-27)35-30-22(2)36-41-31(30)25-9-7-23(8-10-25)24-11-13-28(14-12-24)33(15-16-33)32(38)37-42(3,39)40/h4-14,17-20,35H,15-16H2,1-3H3,(H,37,38). The summed E-state index contributed by atoms with van der Waals surface area (Å²) in [5.41, 5.74) is 8.54. The number of benzene rings is 3. The molecule has 2 aromatic heterocycles. The van der Waals surface area contributed by atoms with Crippen molar-refractivity contribution < 1.29 is 17.7 Å². The summed E-state index contributed by atoms with van der Waals surface area (Å²) in [7, 11) is -3.61. The van der Waals surface area contributed by atoms with Gasteiger partial charge in [-0.25, -0.2) is 8.42 Å². The minimum absolute atomic E-state index is 0.466. The van der Waals surface area contributed by atoms with Crippen molar-refractivity contribution >= 4 is 27.3 Å². The molecule has 0 aliphatic heterocycles. The van der Waals surface area contributed by atoms with Gasteiger partial charge in [0.15, 0.2) is 5.76 Å². The highest BCUT2D eigenvalue weighted by molar-refractivity contribution is 7.89. The van der Waals surface area contributed by atoms with E-state index in [1.54, 1.807) is 6.20 Å². The van der Waals surface area contributed by atoms with Gasteiger partial charge in [0.1, 0.15) is 11.4 Å². The zero-order chi connectivity index (χ0) is 29.5. The molecule has 1 aliphatic carbocycles. The summed E-state index contributed by atoms with van der Waals surface area (Å²) in [4.78, 5) is 17.0. The first-order valence-electron chi connectivity index (χ1n) is 13.6. The zero-order valence-electron chi connectivity index (χ0n) is 23.5. The number of sulfonamides is 1. The van der Waals surface area contributed by atoms with Gasteiger partial charge in [0.25, 0.3) is 0 Å². The van der Waals surface area contributed by atoms with Gasteiger partial charge in [-0.15, -0.1) is 0 Å². The molecule has 2 heterocycles. The molecule has 0 spiro atoms. The number of aromatic nitrogens is 2. The van der Waals surface area contributed by atoms with Crippen LogP contribution in [0.5, 0.6) is 0 Å². The number of carbonyl (C=O) groups excluding carboxylic acids is 1. The van der Waals surface area contributed by atoms with Crippen LogP contribution in [0.25, 0.3) is 33.6 Å². The van der Waals surface area contributed by atoms with Gasteiger partial charge in [-0.3, -0.25) is 14.5 Å². The van der Waals surface area contributed by atoms with Gasteiger partial charge in [0.2, 0.25) is 15.9 Å². The maximum absolute atomic E-state index is 12.6. The second-order valence-electron chi connectivity index (χ2n) is 10.9. The average Bonchev–Trinajstić information content (AvgIpc) is 3.71. The maximum Gasteiger partial charge on any atom is 0.244 e. The molecule has 6 rings (SSSR count). The van der Waals surface area contributed by atoms with Crippen LogP contribution in [0.1, 0.15) is 29.7 Å². The van der Waals surface area contributed by atoms with Gasteiger partial charge >= 0.3 is 0 Å². The summed E-state index contributed by atoms with van der Waals surface area (Å²) in [6.45, 7) is 3.96. The van der Waals surface area contributed by atoms with Crippen LogP contribution in [0.15, 0.2) is 95.8 Å². The summed E-state index contributed by atoms with van der Waals surface area (Å²) < 4.78 is 31.0. The van der Waals surface area contributed by atoms with Crippen molar-refractivity contribution in [1.82, 2.24) is 14.9 Å². The Morgan fingerprint density at radius 3 is 2.14 bits per heavy atom. The van der Waals surface area contributed by atoms with Crippen LogP contribution in [-0.4, -0.2) is 30.7 Å². The summed E-state index contributed by atoms with van der Waals surface area (Å²) >= 11 is 0. The zero-order valence-corrected chi connectivity index (χ0v) is 24.3. The second-order valence-corrected chi connectivity index (χ2v) is 12.6. The van der Waals surface area contributed by atoms with E-state index in [-0.39, 0.29) is 0 Å². The summed E-state index contributed by atoms with van der Waals surface area (Å²) in [5.74, 6) is 0.162. The molecule has 0 saturated heterocycles. The van der Waals surface area contributed by atoms with Crippen molar-refractivity contribution in [3.63, 3.8) is 0 Å². The van der Waals surface area contributed by atoms with E-state index in [2.05, 4.69) is 51.4 Å². The number of aryl methyl sites for hydroxylation is 2. The van der Waals surface area contributed by atoms with Gasteiger partial charge in [0, 0.05) is 17.3 Å². The minimum atomic E-state index is -3.61. The van der Waals surface area contributed by atoms with Crippen molar-refractivity contribution in [2.24, 2.45) is 0 Å². The monoisotopic (exact) mass is 578 g/mol. The number of hydrogen-bond acceptors (Lipinski definition) is 7. The molecule has 1 amide bonds. The fraction of sp³-hybridized carbons (Fsp3) is 0.182. The van der Waals surface area contributed by atoms with Gasteiger partial charge in [-0.1, -0.05) is 83.5 Å². The number of nitrogens with one attached hydrogen (secondary N) is 2. The molecule has 2 N–H and O–H groups in total. The number of carbonyl (C=O) groups is 1. The molecule has 1 fully saturated rings. The quantitative estimate of drug-likeness (QED) is 0.215. The summed E-state index contributed by atoms with van der Waals surface area (Å²) in [6.07, 6.45) is 5.87. The highest BCUT2D eigenvalue weighted by Crippen LogP contribution is 2.49. The normalized spacial score (nSPS) is 13.9. The van der Waals surface area contributed by atoms with Gasteiger partial charge in [0.05, 0.1) is 23.6 Å². The number of amides is 1. The Kier molecular flexibility index (Phi) is 6.90. The summed E-state index contributed by atoms with van der Waals surface area (Å²) in [5, 5.41) is 7.66. The van der Waals surface area contributed by atoms with E-state index in [1.807, 2.05) is 67.7 Å². The fourth-order valence-corrected chi connectivity index (χ4v) is 5.71. The topological polar surface area (TPSA) is 114 Å². The Labute approximate surface area is 244 Å². The number of anilines is 2. The highest BCUT2D eigenvalue weighted by Gasteiger charge is 2.52. The van der Waals surface area contributed by atoms with E-state index in [0.717, 1.165) is 56.7 Å². The van der Waals surface area contributed by atoms with Gasteiger partial charge < -0.3 is 9.84 Å². The Balaban J connectivity index is 1.21. The molecular formula is C33H30N4O4S. The lowest BCUT2D eigenvalue weighted by atomic mass is 9.93. The average molecular weight is 579 g/mol. The Morgan fingerprint density at radius 1 is 0.833 bits per heavy atom. The lowest BCUT2D eigenvalue weighted by Gasteiger charge is -2.15. The minimum Gasteiger partial charge on any atom is -0.354 e. The SMILES string of the molecule is Cc1cccc(-c2cncc(Nc3c(C)noc3-c3ccc(-c4ccc(C5(C(=O)NS(C)(=O)=O)CC5)cc4)cc3)c2)c1. The molecule has 0 radical (unpaired) electrons. The van der Waals surface area contributed by atoms with Crippen molar-refractivity contribution in [2.75, 3.05) is 11.6 Å². The molecule has 0 bridgehead atoms. The van der Waals surface area contributed by atoms with E-state index < -0.39 is 21.3 Å². The second kappa shape index (κ2) is 10.6. The lowest BCUT2D eigenvalue weighted by molar-refractivity contribution is -0.121. The van der Waals surface area contributed by atoms with E-state index in [4.69, 9.17) is 4.52 Å². The smallest absolute Gasteiger partial charge is 0.244 e. The molecule has 42 heavy (non-hydrogen) atoms. The lowest BCUT2D eigenvalue weighted by Crippen LogP contribution is -2.38. The maximum atomic E-state index is 12.6. The van der Waals surface area contributed by atoms with Crippen molar-refractivity contribution in [3.8, 4) is 33.6 Å². The van der Waals surface area contributed by atoms with Gasteiger partial charge in [-0.2, -0.15) is 0 Å². The molecule has 1 aliphatic rings. The largest absolute Gasteiger partial charge is 0.354 e. The van der Waals surface area contributed by atoms with Crippen LogP contribution in [-0.2, 0) is 20.2 Å². The number of pyridine rings is 1. The number of hydrogen-bond donors (Lipinski definition) is 2. The first-order chi connectivity index (χ1) is 20.1. The number of nitrogens with zero attached hydrogens (tertiary/aromatic N) is 2. The van der Waals surface area contributed by atoms with Crippen molar-refractivity contribution in [2.45, 2.75) is 32.1 Å². The Morgan fingerprint density at radius 2 is 1.50 bits per heavy atom. The molecule has 1 saturated carbocycles.